The predicted molar refractivity (Wildman–Crippen MR) is 86.1 cm³/mol. The quantitative estimate of drug-likeness (QED) is 0.638. The lowest BCUT2D eigenvalue weighted by Gasteiger charge is -2.20. The third-order valence-corrected chi connectivity index (χ3v) is 4.33. The van der Waals surface area contributed by atoms with E-state index in [-0.39, 0.29) is 6.04 Å². The van der Waals surface area contributed by atoms with E-state index in [0.29, 0.717) is 16.5 Å². The molecule has 0 fully saturated rings. The van der Waals surface area contributed by atoms with Crippen LogP contribution < -0.4 is 11.3 Å². The summed E-state index contributed by atoms with van der Waals surface area (Å²) in [6.45, 7) is 2.14. The summed E-state index contributed by atoms with van der Waals surface area (Å²) >= 11 is 12.3. The van der Waals surface area contributed by atoms with Crippen molar-refractivity contribution in [2.45, 2.75) is 25.8 Å². The molecule has 1 atom stereocenters. The van der Waals surface area contributed by atoms with Gasteiger partial charge in [-0.3, -0.25) is 11.3 Å². The van der Waals surface area contributed by atoms with Gasteiger partial charge in [0.05, 0.1) is 16.1 Å². The van der Waals surface area contributed by atoms with Crippen molar-refractivity contribution in [1.82, 2.24) is 5.43 Å². The molecular formula is C16H18Cl2N2. The molecule has 0 radical (unpaired) electrons. The standard InChI is InChI=1S/C16H18Cl2N2/c1-2-11-6-3-4-8-13(11)15(20-19)10-12-7-5-9-14(17)16(12)18/h3-9,15,20H,2,10,19H2,1H3. The van der Waals surface area contributed by atoms with E-state index in [2.05, 4.69) is 24.5 Å². The summed E-state index contributed by atoms with van der Waals surface area (Å²) < 4.78 is 0. The Labute approximate surface area is 129 Å². The zero-order valence-electron chi connectivity index (χ0n) is 11.4. The van der Waals surface area contributed by atoms with Crippen LogP contribution in [0.2, 0.25) is 10.0 Å². The highest BCUT2D eigenvalue weighted by Crippen LogP contribution is 2.30. The van der Waals surface area contributed by atoms with Crippen molar-refractivity contribution in [2.75, 3.05) is 0 Å². The summed E-state index contributed by atoms with van der Waals surface area (Å²) in [6, 6.07) is 14.0. The molecule has 2 rings (SSSR count). The maximum atomic E-state index is 6.25. The van der Waals surface area contributed by atoms with Crippen molar-refractivity contribution in [3.8, 4) is 0 Å². The largest absolute Gasteiger partial charge is 0.271 e. The number of rotatable bonds is 5. The number of hydrazine groups is 1. The SMILES string of the molecule is CCc1ccccc1C(Cc1cccc(Cl)c1Cl)NN. The second kappa shape index (κ2) is 7.09. The van der Waals surface area contributed by atoms with Crippen LogP contribution in [-0.4, -0.2) is 0 Å². The highest BCUT2D eigenvalue weighted by molar-refractivity contribution is 6.42. The molecule has 0 saturated carbocycles. The molecular weight excluding hydrogens is 291 g/mol. The topological polar surface area (TPSA) is 38.0 Å². The second-order valence-electron chi connectivity index (χ2n) is 4.69. The van der Waals surface area contributed by atoms with Crippen LogP contribution in [0, 0.1) is 0 Å². The first-order chi connectivity index (χ1) is 9.67. The Morgan fingerprint density at radius 1 is 1.05 bits per heavy atom. The van der Waals surface area contributed by atoms with E-state index in [1.807, 2.05) is 24.3 Å². The number of benzene rings is 2. The van der Waals surface area contributed by atoms with E-state index in [0.717, 1.165) is 12.0 Å². The Bertz CT molecular complexity index is 584. The number of halogens is 2. The number of hydrogen-bond donors (Lipinski definition) is 2. The predicted octanol–water partition coefficient (Wildman–Crippen LogP) is 4.30. The molecule has 2 aromatic carbocycles. The molecule has 0 bridgehead atoms. The summed E-state index contributed by atoms with van der Waals surface area (Å²) in [7, 11) is 0. The van der Waals surface area contributed by atoms with Crippen LogP contribution >= 0.6 is 23.2 Å². The second-order valence-corrected chi connectivity index (χ2v) is 5.47. The fourth-order valence-electron chi connectivity index (χ4n) is 2.38. The van der Waals surface area contributed by atoms with Crippen molar-refractivity contribution in [2.24, 2.45) is 5.84 Å². The Kier molecular flexibility index (Phi) is 5.44. The lowest BCUT2D eigenvalue weighted by atomic mass is 9.94. The smallest absolute Gasteiger partial charge is 0.0624 e. The van der Waals surface area contributed by atoms with Gasteiger partial charge >= 0.3 is 0 Å². The Morgan fingerprint density at radius 3 is 2.45 bits per heavy atom. The molecule has 0 aliphatic carbocycles. The Hall–Kier alpha value is -1.06. The van der Waals surface area contributed by atoms with Crippen molar-refractivity contribution in [3.05, 3.63) is 69.2 Å². The summed E-state index contributed by atoms with van der Waals surface area (Å²) in [6.07, 6.45) is 1.67. The van der Waals surface area contributed by atoms with Crippen LogP contribution in [0.1, 0.15) is 29.7 Å². The lowest BCUT2D eigenvalue weighted by Crippen LogP contribution is -2.30. The molecule has 0 aromatic heterocycles. The van der Waals surface area contributed by atoms with Crippen LogP contribution in [-0.2, 0) is 12.8 Å². The van der Waals surface area contributed by atoms with Crippen molar-refractivity contribution < 1.29 is 0 Å². The molecule has 0 heterocycles. The van der Waals surface area contributed by atoms with E-state index in [1.54, 1.807) is 6.07 Å². The molecule has 2 aromatic rings. The number of nitrogens with two attached hydrogens (primary N) is 1. The first kappa shape index (κ1) is 15.3. The molecule has 0 saturated heterocycles. The molecule has 0 amide bonds. The molecule has 3 N–H and O–H groups in total. The van der Waals surface area contributed by atoms with E-state index in [1.165, 1.54) is 11.1 Å². The monoisotopic (exact) mass is 308 g/mol. The molecule has 106 valence electrons. The van der Waals surface area contributed by atoms with Gasteiger partial charge in [-0.25, -0.2) is 0 Å². The van der Waals surface area contributed by atoms with Crippen LogP contribution in [0.4, 0.5) is 0 Å². The average molecular weight is 309 g/mol. The van der Waals surface area contributed by atoms with E-state index < -0.39 is 0 Å². The average Bonchev–Trinajstić information content (AvgIpc) is 2.49. The Morgan fingerprint density at radius 2 is 1.75 bits per heavy atom. The van der Waals surface area contributed by atoms with Crippen molar-refractivity contribution in [1.29, 1.82) is 0 Å². The first-order valence-corrected chi connectivity index (χ1v) is 7.39. The summed E-state index contributed by atoms with van der Waals surface area (Å²) in [5, 5.41) is 1.17. The van der Waals surface area contributed by atoms with Gasteiger partial charge in [-0.05, 0) is 35.6 Å². The summed E-state index contributed by atoms with van der Waals surface area (Å²) in [5.74, 6) is 5.74. The fraction of sp³-hybridized carbons (Fsp3) is 0.250. The normalized spacial score (nSPS) is 12.4. The van der Waals surface area contributed by atoms with Gasteiger partial charge in [-0.15, -0.1) is 0 Å². The maximum Gasteiger partial charge on any atom is 0.0624 e. The summed E-state index contributed by atoms with van der Waals surface area (Å²) in [5.41, 5.74) is 6.37. The minimum Gasteiger partial charge on any atom is -0.271 e. The molecule has 1 unspecified atom stereocenters. The third-order valence-electron chi connectivity index (χ3n) is 3.47. The summed E-state index contributed by atoms with van der Waals surface area (Å²) in [4.78, 5) is 0. The number of hydrogen-bond acceptors (Lipinski definition) is 2. The van der Waals surface area contributed by atoms with E-state index in [9.17, 15) is 0 Å². The number of nitrogens with one attached hydrogen (secondary N) is 1. The van der Waals surface area contributed by atoms with Gasteiger partial charge in [0.25, 0.3) is 0 Å². The first-order valence-electron chi connectivity index (χ1n) is 6.64. The van der Waals surface area contributed by atoms with Crippen molar-refractivity contribution in [3.63, 3.8) is 0 Å². The van der Waals surface area contributed by atoms with Gasteiger partial charge < -0.3 is 0 Å². The van der Waals surface area contributed by atoms with E-state index in [4.69, 9.17) is 29.0 Å². The highest BCUT2D eigenvalue weighted by Gasteiger charge is 2.16. The van der Waals surface area contributed by atoms with Gasteiger partial charge in [0.15, 0.2) is 0 Å². The van der Waals surface area contributed by atoms with E-state index >= 15 is 0 Å². The van der Waals surface area contributed by atoms with Crippen molar-refractivity contribution >= 4 is 23.2 Å². The highest BCUT2D eigenvalue weighted by atomic mass is 35.5. The number of aryl methyl sites for hydroxylation is 1. The van der Waals surface area contributed by atoms with Crippen LogP contribution in [0.5, 0.6) is 0 Å². The fourth-order valence-corrected chi connectivity index (χ4v) is 2.78. The van der Waals surface area contributed by atoms with Crippen LogP contribution in [0.15, 0.2) is 42.5 Å². The van der Waals surface area contributed by atoms with Crippen LogP contribution in [0.25, 0.3) is 0 Å². The lowest BCUT2D eigenvalue weighted by molar-refractivity contribution is 0.548. The van der Waals surface area contributed by atoms with Gasteiger partial charge in [0, 0.05) is 0 Å². The molecule has 0 aliphatic rings. The molecule has 2 nitrogen and oxygen atoms in total. The molecule has 4 heteroatoms. The van der Waals surface area contributed by atoms with Gasteiger partial charge in [0.2, 0.25) is 0 Å². The van der Waals surface area contributed by atoms with Crippen LogP contribution in [0.3, 0.4) is 0 Å². The molecule has 0 aliphatic heterocycles. The maximum absolute atomic E-state index is 6.25. The van der Waals surface area contributed by atoms with Gasteiger partial charge in [0.1, 0.15) is 0 Å². The van der Waals surface area contributed by atoms with Gasteiger partial charge in [-0.2, -0.15) is 0 Å². The van der Waals surface area contributed by atoms with Gasteiger partial charge in [-0.1, -0.05) is 66.5 Å². The zero-order valence-corrected chi connectivity index (χ0v) is 12.9. The molecule has 0 spiro atoms. The minimum absolute atomic E-state index is 0.0158. The zero-order chi connectivity index (χ0) is 14.5. The minimum atomic E-state index is 0.0158. The third kappa shape index (κ3) is 3.33. The molecule has 20 heavy (non-hydrogen) atoms. The Balaban J connectivity index is 2.31.